The molecule has 0 heterocycles. The molecule has 4 nitrogen and oxygen atoms in total. The van der Waals surface area contributed by atoms with Crippen LogP contribution >= 0.6 is 11.8 Å². The van der Waals surface area contributed by atoms with Crippen LogP contribution in [0.4, 0.5) is 0 Å². The van der Waals surface area contributed by atoms with Gasteiger partial charge in [-0.3, -0.25) is 9.59 Å². The van der Waals surface area contributed by atoms with E-state index in [-0.39, 0.29) is 30.3 Å². The van der Waals surface area contributed by atoms with Gasteiger partial charge in [0.2, 0.25) is 0 Å². The number of thioether (sulfide) groups is 1. The second-order valence-corrected chi connectivity index (χ2v) is 8.45. The Morgan fingerprint density at radius 1 is 1.11 bits per heavy atom. The number of amides is 1. The third kappa shape index (κ3) is 5.48. The van der Waals surface area contributed by atoms with Crippen molar-refractivity contribution in [3.05, 3.63) is 42.5 Å². The van der Waals surface area contributed by atoms with Crippen LogP contribution in [0.15, 0.2) is 47.4 Å². The highest BCUT2D eigenvalue weighted by atomic mass is 32.2. The Hall–Kier alpha value is -2.01. The lowest BCUT2D eigenvalue weighted by atomic mass is 9.78. The molecule has 0 saturated heterocycles. The lowest BCUT2D eigenvalue weighted by Gasteiger charge is -2.34. The summed E-state index contributed by atoms with van der Waals surface area (Å²) in [7, 11) is 0. The standard InChI is InChI=1S/C22H27NO3S/c1-15-6-5-9-20(16(15)2)23-21(24)13-26-22(25)14-27-19-11-10-17-7-3-4-8-18(17)12-19/h3-4,7-8,10-12,15-16,20H,5-6,9,13-14H2,1-2H3,(H,23,24)/t15-,16-,20-/m1/s1. The lowest BCUT2D eigenvalue weighted by Crippen LogP contribution is -2.45. The molecule has 0 radical (unpaired) electrons. The van der Waals surface area contributed by atoms with Crippen molar-refractivity contribution in [1.29, 1.82) is 0 Å². The first-order chi connectivity index (χ1) is 13.0. The Kier molecular flexibility index (Phi) is 6.78. The largest absolute Gasteiger partial charge is 0.455 e. The van der Waals surface area contributed by atoms with E-state index in [2.05, 4.69) is 37.4 Å². The predicted octanol–water partition coefficient (Wildman–Crippen LogP) is 4.42. The number of carbonyl (C=O) groups excluding carboxylic acids is 2. The molecule has 5 heteroatoms. The van der Waals surface area contributed by atoms with Gasteiger partial charge >= 0.3 is 5.97 Å². The first kappa shape index (κ1) is 19.7. The lowest BCUT2D eigenvalue weighted by molar-refractivity contribution is -0.146. The molecule has 1 N–H and O–H groups in total. The Morgan fingerprint density at radius 3 is 2.70 bits per heavy atom. The summed E-state index contributed by atoms with van der Waals surface area (Å²) in [6.07, 6.45) is 3.36. The van der Waals surface area contributed by atoms with Crippen LogP contribution in [-0.2, 0) is 14.3 Å². The van der Waals surface area contributed by atoms with Gasteiger partial charge in [0, 0.05) is 10.9 Å². The predicted molar refractivity (Wildman–Crippen MR) is 110 cm³/mol. The van der Waals surface area contributed by atoms with Crippen molar-refractivity contribution in [2.45, 2.75) is 44.0 Å². The highest BCUT2D eigenvalue weighted by molar-refractivity contribution is 8.00. The van der Waals surface area contributed by atoms with E-state index >= 15 is 0 Å². The molecule has 1 fully saturated rings. The maximum atomic E-state index is 12.1. The van der Waals surface area contributed by atoms with E-state index < -0.39 is 0 Å². The highest BCUT2D eigenvalue weighted by Gasteiger charge is 2.28. The number of hydrogen-bond acceptors (Lipinski definition) is 4. The third-order valence-corrected chi connectivity index (χ3v) is 6.46. The minimum atomic E-state index is -0.367. The first-order valence-electron chi connectivity index (χ1n) is 9.59. The van der Waals surface area contributed by atoms with E-state index in [0.717, 1.165) is 23.1 Å². The van der Waals surface area contributed by atoms with Gasteiger partial charge < -0.3 is 10.1 Å². The summed E-state index contributed by atoms with van der Waals surface area (Å²) in [5.74, 6) is 0.702. The first-order valence-corrected chi connectivity index (χ1v) is 10.6. The van der Waals surface area contributed by atoms with Crippen molar-refractivity contribution in [2.24, 2.45) is 11.8 Å². The van der Waals surface area contributed by atoms with Gasteiger partial charge in [-0.1, -0.05) is 57.0 Å². The number of benzene rings is 2. The van der Waals surface area contributed by atoms with E-state index in [1.165, 1.54) is 23.6 Å². The van der Waals surface area contributed by atoms with Crippen LogP contribution in [0.2, 0.25) is 0 Å². The molecule has 0 aromatic heterocycles. The van der Waals surface area contributed by atoms with Gasteiger partial charge in [-0.2, -0.15) is 0 Å². The Bertz CT molecular complexity index is 807. The molecule has 2 aromatic rings. The quantitative estimate of drug-likeness (QED) is 0.591. The van der Waals surface area contributed by atoms with Crippen LogP contribution in [0.5, 0.6) is 0 Å². The molecular formula is C22H27NO3S. The van der Waals surface area contributed by atoms with Crippen molar-refractivity contribution in [3.63, 3.8) is 0 Å². The third-order valence-electron chi connectivity index (χ3n) is 5.50. The summed E-state index contributed by atoms with van der Waals surface area (Å²) in [5, 5.41) is 5.34. The van der Waals surface area contributed by atoms with E-state index in [0.29, 0.717) is 11.8 Å². The zero-order valence-corrected chi connectivity index (χ0v) is 16.8. The molecule has 3 rings (SSSR count). The van der Waals surface area contributed by atoms with Gasteiger partial charge in [0.1, 0.15) is 0 Å². The van der Waals surface area contributed by atoms with Crippen LogP contribution < -0.4 is 5.32 Å². The minimum absolute atomic E-state index is 0.187. The number of nitrogens with one attached hydrogen (secondary N) is 1. The van der Waals surface area contributed by atoms with Crippen molar-refractivity contribution in [3.8, 4) is 0 Å². The molecular weight excluding hydrogens is 358 g/mol. The molecule has 2 aromatic carbocycles. The minimum Gasteiger partial charge on any atom is -0.455 e. The summed E-state index contributed by atoms with van der Waals surface area (Å²) in [4.78, 5) is 25.1. The smallest absolute Gasteiger partial charge is 0.316 e. The second-order valence-electron chi connectivity index (χ2n) is 7.40. The summed E-state index contributed by atoms with van der Waals surface area (Å²) in [6.45, 7) is 4.21. The van der Waals surface area contributed by atoms with E-state index in [4.69, 9.17) is 4.74 Å². The molecule has 0 unspecified atom stereocenters. The zero-order chi connectivity index (χ0) is 19.2. The Labute approximate surface area is 165 Å². The number of esters is 1. The summed E-state index contributed by atoms with van der Waals surface area (Å²) in [5.41, 5.74) is 0. The van der Waals surface area contributed by atoms with Gasteiger partial charge in [-0.05, 0) is 41.2 Å². The molecule has 144 valence electrons. The fourth-order valence-electron chi connectivity index (χ4n) is 3.62. The van der Waals surface area contributed by atoms with Gasteiger partial charge in [0.25, 0.3) is 5.91 Å². The van der Waals surface area contributed by atoms with Crippen molar-refractivity contribution >= 4 is 34.4 Å². The van der Waals surface area contributed by atoms with Gasteiger partial charge in [-0.15, -0.1) is 11.8 Å². The molecule has 0 aliphatic heterocycles. The van der Waals surface area contributed by atoms with Crippen LogP contribution in [0.25, 0.3) is 10.8 Å². The molecule has 1 aliphatic carbocycles. The van der Waals surface area contributed by atoms with E-state index in [9.17, 15) is 9.59 Å². The molecule has 3 atom stereocenters. The summed E-state index contributed by atoms with van der Waals surface area (Å²) >= 11 is 1.43. The molecule has 1 saturated carbocycles. The molecule has 1 amide bonds. The SMILES string of the molecule is C[C@@H]1[C@H](C)CCC[C@H]1NC(=O)COC(=O)CSc1ccc2ccccc2c1. The van der Waals surface area contributed by atoms with Gasteiger partial charge in [0.05, 0.1) is 5.75 Å². The Morgan fingerprint density at radius 2 is 1.89 bits per heavy atom. The number of rotatable bonds is 6. The monoisotopic (exact) mass is 385 g/mol. The summed E-state index contributed by atoms with van der Waals surface area (Å²) < 4.78 is 5.14. The van der Waals surface area contributed by atoms with Crippen molar-refractivity contribution in [2.75, 3.05) is 12.4 Å². The fourth-order valence-corrected chi connectivity index (χ4v) is 4.36. The average Bonchev–Trinajstić information content (AvgIpc) is 2.68. The van der Waals surface area contributed by atoms with Crippen LogP contribution in [0.3, 0.4) is 0 Å². The second kappa shape index (κ2) is 9.27. The number of carbonyl (C=O) groups is 2. The van der Waals surface area contributed by atoms with Gasteiger partial charge in [0.15, 0.2) is 6.61 Å². The molecule has 27 heavy (non-hydrogen) atoms. The molecule has 0 spiro atoms. The Balaban J connectivity index is 1.41. The summed E-state index contributed by atoms with van der Waals surface area (Å²) in [6, 6.07) is 14.4. The number of hydrogen-bond donors (Lipinski definition) is 1. The topological polar surface area (TPSA) is 55.4 Å². The highest BCUT2D eigenvalue weighted by Crippen LogP contribution is 2.29. The maximum Gasteiger partial charge on any atom is 0.316 e. The average molecular weight is 386 g/mol. The van der Waals surface area contributed by atoms with Crippen molar-refractivity contribution in [1.82, 2.24) is 5.32 Å². The zero-order valence-electron chi connectivity index (χ0n) is 15.9. The van der Waals surface area contributed by atoms with E-state index in [1.54, 1.807) is 0 Å². The fraction of sp³-hybridized carbons (Fsp3) is 0.455. The number of ether oxygens (including phenoxy) is 1. The van der Waals surface area contributed by atoms with Crippen LogP contribution in [0, 0.1) is 11.8 Å². The van der Waals surface area contributed by atoms with Gasteiger partial charge in [-0.25, -0.2) is 0 Å². The molecule has 0 bridgehead atoms. The number of fused-ring (bicyclic) bond motifs is 1. The van der Waals surface area contributed by atoms with E-state index in [1.807, 2.05) is 24.3 Å². The molecule has 1 aliphatic rings. The van der Waals surface area contributed by atoms with Crippen molar-refractivity contribution < 1.29 is 14.3 Å². The van der Waals surface area contributed by atoms with Crippen LogP contribution in [0.1, 0.15) is 33.1 Å². The maximum absolute atomic E-state index is 12.1. The van der Waals surface area contributed by atoms with Crippen LogP contribution in [-0.4, -0.2) is 30.3 Å². The normalized spacial score (nSPS) is 22.4.